The molecule has 2 unspecified atom stereocenters. The van der Waals surface area contributed by atoms with Gasteiger partial charge in [-0.05, 0) is 49.2 Å². The summed E-state index contributed by atoms with van der Waals surface area (Å²) in [6.07, 6.45) is 1.72. The summed E-state index contributed by atoms with van der Waals surface area (Å²) in [5, 5.41) is 0. The minimum Gasteiger partial charge on any atom is -0.453 e. The SMILES string of the molecule is COC(=O)N1CCC(N(C)C)CC1C1c2ccccc2-c2ccccc21. The summed E-state index contributed by atoms with van der Waals surface area (Å²) >= 11 is 0. The van der Waals surface area contributed by atoms with Crippen molar-refractivity contribution >= 4 is 6.09 Å². The second-order valence-corrected chi connectivity index (χ2v) is 7.52. The van der Waals surface area contributed by atoms with Crippen LogP contribution in [0.1, 0.15) is 29.9 Å². The number of methoxy groups -OCH3 is 1. The van der Waals surface area contributed by atoms with Crippen LogP contribution < -0.4 is 0 Å². The summed E-state index contributed by atoms with van der Waals surface area (Å²) in [6.45, 7) is 0.737. The highest BCUT2D eigenvalue weighted by Gasteiger charge is 2.42. The fraction of sp³-hybridized carbons (Fsp3) is 0.409. The molecule has 1 saturated heterocycles. The number of ether oxygens (including phenoxy) is 1. The largest absolute Gasteiger partial charge is 0.453 e. The van der Waals surface area contributed by atoms with Crippen molar-refractivity contribution in [3.05, 3.63) is 59.7 Å². The lowest BCUT2D eigenvalue weighted by Gasteiger charge is -2.43. The van der Waals surface area contributed by atoms with Crippen LogP contribution in [-0.4, -0.2) is 55.7 Å². The Bertz CT molecular complexity index is 772. The van der Waals surface area contributed by atoms with Crippen LogP contribution in [0.15, 0.2) is 48.5 Å². The summed E-state index contributed by atoms with van der Waals surface area (Å²) in [7, 11) is 5.74. The molecule has 4 heteroatoms. The lowest BCUT2D eigenvalue weighted by Crippen LogP contribution is -2.52. The van der Waals surface area contributed by atoms with Crippen LogP contribution in [0.2, 0.25) is 0 Å². The standard InChI is InChI=1S/C22H26N2O2/c1-23(2)15-12-13-24(22(25)26-3)20(14-15)21-18-10-6-4-8-16(18)17-9-5-7-11-19(17)21/h4-11,15,20-21H,12-14H2,1-3H3. The van der Waals surface area contributed by atoms with Gasteiger partial charge in [0.25, 0.3) is 0 Å². The number of rotatable bonds is 2. The molecule has 1 fully saturated rings. The maximum absolute atomic E-state index is 12.5. The monoisotopic (exact) mass is 350 g/mol. The van der Waals surface area contributed by atoms with Crippen LogP contribution in [-0.2, 0) is 4.74 Å². The molecule has 0 aromatic heterocycles. The zero-order valence-electron chi connectivity index (χ0n) is 15.7. The van der Waals surface area contributed by atoms with E-state index in [1.54, 1.807) is 0 Å². The Morgan fingerprint density at radius 1 is 1.04 bits per heavy atom. The first-order valence-electron chi connectivity index (χ1n) is 9.31. The van der Waals surface area contributed by atoms with Crippen molar-refractivity contribution < 1.29 is 9.53 Å². The minimum absolute atomic E-state index is 0.105. The molecule has 1 aliphatic carbocycles. The molecule has 0 N–H and O–H groups in total. The second kappa shape index (κ2) is 6.76. The number of hydrogen-bond donors (Lipinski definition) is 0. The summed E-state index contributed by atoms with van der Waals surface area (Å²) in [5.41, 5.74) is 5.24. The number of carbonyl (C=O) groups excluding carboxylic acids is 1. The van der Waals surface area contributed by atoms with Gasteiger partial charge in [-0.1, -0.05) is 48.5 Å². The van der Waals surface area contributed by atoms with E-state index in [0.717, 1.165) is 19.4 Å². The minimum atomic E-state index is -0.214. The van der Waals surface area contributed by atoms with Crippen molar-refractivity contribution in [2.45, 2.75) is 30.8 Å². The first-order chi connectivity index (χ1) is 12.6. The molecule has 1 aliphatic heterocycles. The highest BCUT2D eigenvalue weighted by molar-refractivity contribution is 5.80. The average molecular weight is 350 g/mol. The maximum Gasteiger partial charge on any atom is 0.409 e. The number of hydrogen-bond acceptors (Lipinski definition) is 3. The second-order valence-electron chi connectivity index (χ2n) is 7.52. The summed E-state index contributed by atoms with van der Waals surface area (Å²) in [5.74, 6) is 0.198. The van der Waals surface area contributed by atoms with Crippen LogP contribution in [0.3, 0.4) is 0 Å². The lowest BCUT2D eigenvalue weighted by molar-refractivity contribution is 0.0603. The maximum atomic E-state index is 12.5. The predicted octanol–water partition coefficient (Wildman–Crippen LogP) is 3.96. The molecule has 4 nitrogen and oxygen atoms in total. The van der Waals surface area contributed by atoms with Crippen molar-refractivity contribution in [3.63, 3.8) is 0 Å². The summed E-state index contributed by atoms with van der Waals surface area (Å²) in [6, 6.07) is 17.8. The van der Waals surface area contributed by atoms with Crippen LogP contribution in [0.4, 0.5) is 4.79 Å². The Labute approximate surface area is 155 Å². The Kier molecular flexibility index (Phi) is 4.45. The van der Waals surface area contributed by atoms with E-state index >= 15 is 0 Å². The van der Waals surface area contributed by atoms with Gasteiger partial charge in [0.1, 0.15) is 0 Å². The van der Waals surface area contributed by atoms with E-state index in [9.17, 15) is 4.79 Å². The predicted molar refractivity (Wildman–Crippen MR) is 103 cm³/mol. The lowest BCUT2D eigenvalue weighted by atomic mass is 9.82. The van der Waals surface area contributed by atoms with Gasteiger partial charge in [-0.3, -0.25) is 0 Å². The zero-order chi connectivity index (χ0) is 18.3. The molecule has 0 radical (unpaired) electrons. The van der Waals surface area contributed by atoms with E-state index in [2.05, 4.69) is 67.5 Å². The normalized spacial score (nSPS) is 22.2. The molecule has 2 aliphatic rings. The van der Waals surface area contributed by atoms with Crippen molar-refractivity contribution in [3.8, 4) is 11.1 Å². The molecule has 0 spiro atoms. The van der Waals surface area contributed by atoms with Crippen molar-refractivity contribution in [2.75, 3.05) is 27.7 Å². The van der Waals surface area contributed by atoms with Crippen LogP contribution in [0.5, 0.6) is 0 Å². The van der Waals surface area contributed by atoms with Gasteiger partial charge in [-0.25, -0.2) is 4.79 Å². The summed E-state index contributed by atoms with van der Waals surface area (Å²) in [4.78, 5) is 16.8. The number of benzene rings is 2. The van der Waals surface area contributed by atoms with E-state index in [-0.39, 0.29) is 18.1 Å². The van der Waals surface area contributed by atoms with Crippen LogP contribution in [0.25, 0.3) is 11.1 Å². The van der Waals surface area contributed by atoms with Gasteiger partial charge < -0.3 is 14.5 Å². The molecule has 1 heterocycles. The van der Waals surface area contributed by atoms with Gasteiger partial charge in [0.05, 0.1) is 7.11 Å². The molecule has 0 saturated carbocycles. The van der Waals surface area contributed by atoms with Gasteiger partial charge in [0, 0.05) is 24.5 Å². The van der Waals surface area contributed by atoms with E-state index in [0.29, 0.717) is 6.04 Å². The molecule has 2 atom stereocenters. The quantitative estimate of drug-likeness (QED) is 0.822. The highest BCUT2D eigenvalue weighted by atomic mass is 16.5. The zero-order valence-corrected chi connectivity index (χ0v) is 15.7. The Balaban J connectivity index is 1.81. The first kappa shape index (κ1) is 17.1. The Hall–Kier alpha value is -2.33. The van der Waals surface area contributed by atoms with Gasteiger partial charge in [-0.2, -0.15) is 0 Å². The Morgan fingerprint density at radius 3 is 2.15 bits per heavy atom. The Morgan fingerprint density at radius 2 is 1.62 bits per heavy atom. The molecule has 26 heavy (non-hydrogen) atoms. The molecule has 2 aromatic rings. The number of amides is 1. The van der Waals surface area contributed by atoms with E-state index in [4.69, 9.17) is 4.74 Å². The molecule has 1 amide bonds. The third kappa shape index (κ3) is 2.69. The van der Waals surface area contributed by atoms with Gasteiger partial charge in [0.15, 0.2) is 0 Å². The number of fused-ring (bicyclic) bond motifs is 3. The first-order valence-corrected chi connectivity index (χ1v) is 9.31. The number of piperidine rings is 1. The summed E-state index contributed by atoms with van der Waals surface area (Å²) < 4.78 is 5.12. The fourth-order valence-electron chi connectivity index (χ4n) is 4.72. The molecular formula is C22H26N2O2. The number of likely N-dealkylation sites (tertiary alicyclic amines) is 1. The molecule has 136 valence electrons. The van der Waals surface area contributed by atoms with Gasteiger partial charge in [0.2, 0.25) is 0 Å². The van der Waals surface area contributed by atoms with E-state index in [1.165, 1.54) is 29.4 Å². The molecule has 4 rings (SSSR count). The van der Waals surface area contributed by atoms with E-state index < -0.39 is 0 Å². The van der Waals surface area contributed by atoms with Crippen molar-refractivity contribution in [1.82, 2.24) is 9.80 Å². The van der Waals surface area contributed by atoms with Crippen molar-refractivity contribution in [1.29, 1.82) is 0 Å². The average Bonchev–Trinajstić information content (AvgIpc) is 3.01. The number of nitrogens with zero attached hydrogens (tertiary/aromatic N) is 2. The topological polar surface area (TPSA) is 32.8 Å². The molecular weight excluding hydrogens is 324 g/mol. The highest BCUT2D eigenvalue weighted by Crippen LogP contribution is 2.49. The van der Waals surface area contributed by atoms with Gasteiger partial charge >= 0.3 is 6.09 Å². The molecule has 0 bridgehead atoms. The molecule has 2 aromatic carbocycles. The van der Waals surface area contributed by atoms with Crippen LogP contribution >= 0.6 is 0 Å². The third-order valence-electron chi connectivity index (χ3n) is 6.02. The smallest absolute Gasteiger partial charge is 0.409 e. The fourth-order valence-corrected chi connectivity index (χ4v) is 4.72. The van der Waals surface area contributed by atoms with Gasteiger partial charge in [-0.15, -0.1) is 0 Å². The van der Waals surface area contributed by atoms with Crippen LogP contribution in [0, 0.1) is 0 Å². The van der Waals surface area contributed by atoms with Crippen molar-refractivity contribution in [2.24, 2.45) is 0 Å². The third-order valence-corrected chi connectivity index (χ3v) is 6.02. The number of carbonyl (C=O) groups is 1. The van der Waals surface area contributed by atoms with E-state index in [1.807, 2.05) is 4.90 Å².